The molecule has 1 aliphatic rings. The third kappa shape index (κ3) is 2.75. The van der Waals surface area contributed by atoms with Gasteiger partial charge in [-0.15, -0.1) is 0 Å². The number of hydrogen-bond acceptors (Lipinski definition) is 6. The molecule has 0 unspecified atom stereocenters. The number of aromatic nitrogens is 1. The standard InChI is InChI=1S/C13H11NO6S/c15-13(16)10-5-12(20-14-10)9-3-1-2-4-11(9)19-8-6-21(17,18)7-8/h1-5,8H,6-7H2,(H,15,16). The molecule has 21 heavy (non-hydrogen) atoms. The summed E-state index contributed by atoms with van der Waals surface area (Å²) in [6.07, 6.45) is -0.391. The summed E-state index contributed by atoms with van der Waals surface area (Å²) in [6, 6.07) is 8.13. The van der Waals surface area contributed by atoms with Crippen LogP contribution in [-0.4, -0.2) is 42.3 Å². The number of sulfone groups is 1. The zero-order chi connectivity index (χ0) is 15.0. The van der Waals surface area contributed by atoms with Gasteiger partial charge in [0.2, 0.25) is 0 Å². The molecule has 2 aromatic rings. The first kappa shape index (κ1) is 13.6. The van der Waals surface area contributed by atoms with Crippen molar-refractivity contribution >= 4 is 15.8 Å². The van der Waals surface area contributed by atoms with E-state index in [9.17, 15) is 13.2 Å². The van der Waals surface area contributed by atoms with E-state index < -0.39 is 21.9 Å². The summed E-state index contributed by atoms with van der Waals surface area (Å²) in [5.41, 5.74) is 0.327. The molecule has 1 fully saturated rings. The molecule has 0 bridgehead atoms. The third-order valence-electron chi connectivity index (χ3n) is 3.06. The van der Waals surface area contributed by atoms with Crippen molar-refractivity contribution in [2.24, 2.45) is 0 Å². The normalized spacial score (nSPS) is 17.1. The van der Waals surface area contributed by atoms with Gasteiger partial charge >= 0.3 is 5.97 Å². The van der Waals surface area contributed by atoms with E-state index in [1.54, 1.807) is 24.3 Å². The monoisotopic (exact) mass is 309 g/mol. The summed E-state index contributed by atoms with van der Waals surface area (Å²) in [4.78, 5) is 10.8. The Balaban J connectivity index is 1.87. The minimum Gasteiger partial charge on any atom is -0.488 e. The average Bonchev–Trinajstić information content (AvgIpc) is 2.87. The van der Waals surface area contributed by atoms with Gasteiger partial charge in [-0.25, -0.2) is 13.2 Å². The Bertz CT molecular complexity index is 782. The maximum Gasteiger partial charge on any atom is 0.358 e. The molecule has 110 valence electrons. The van der Waals surface area contributed by atoms with Gasteiger partial charge in [0.25, 0.3) is 0 Å². The summed E-state index contributed by atoms with van der Waals surface area (Å²) >= 11 is 0. The van der Waals surface area contributed by atoms with E-state index in [1.165, 1.54) is 6.07 Å². The van der Waals surface area contributed by atoms with Crippen LogP contribution in [0.1, 0.15) is 10.5 Å². The van der Waals surface area contributed by atoms with E-state index in [0.29, 0.717) is 11.3 Å². The quantitative estimate of drug-likeness (QED) is 0.904. The number of ether oxygens (including phenoxy) is 1. The van der Waals surface area contributed by atoms with Gasteiger partial charge < -0.3 is 14.4 Å². The molecular weight excluding hydrogens is 298 g/mol. The molecule has 3 rings (SSSR count). The number of aromatic carboxylic acids is 1. The lowest BCUT2D eigenvalue weighted by Gasteiger charge is -2.27. The molecule has 0 atom stereocenters. The first-order valence-corrected chi connectivity index (χ1v) is 7.93. The highest BCUT2D eigenvalue weighted by atomic mass is 32.2. The summed E-state index contributed by atoms with van der Waals surface area (Å²) in [7, 11) is -2.97. The highest BCUT2D eigenvalue weighted by molar-refractivity contribution is 7.92. The number of para-hydroxylation sites is 1. The number of carbonyl (C=O) groups is 1. The van der Waals surface area contributed by atoms with Gasteiger partial charge in [0, 0.05) is 6.07 Å². The lowest BCUT2D eigenvalue weighted by molar-refractivity contribution is 0.0686. The van der Waals surface area contributed by atoms with Gasteiger partial charge in [0.15, 0.2) is 21.3 Å². The van der Waals surface area contributed by atoms with E-state index in [4.69, 9.17) is 14.4 Å². The van der Waals surface area contributed by atoms with Crippen LogP contribution in [0, 0.1) is 0 Å². The van der Waals surface area contributed by atoms with Crippen LogP contribution in [0.4, 0.5) is 0 Å². The number of rotatable bonds is 4. The van der Waals surface area contributed by atoms with Crippen molar-refractivity contribution in [1.82, 2.24) is 5.16 Å². The number of benzene rings is 1. The molecule has 1 N–H and O–H groups in total. The molecule has 1 aromatic heterocycles. The number of carboxylic acids is 1. The Kier molecular flexibility index (Phi) is 3.17. The Labute approximate surface area is 120 Å². The zero-order valence-electron chi connectivity index (χ0n) is 10.7. The topological polar surface area (TPSA) is 107 Å². The van der Waals surface area contributed by atoms with Crippen LogP contribution in [0.15, 0.2) is 34.9 Å². The fourth-order valence-electron chi connectivity index (χ4n) is 2.04. The lowest BCUT2D eigenvalue weighted by Crippen LogP contribution is -2.45. The van der Waals surface area contributed by atoms with E-state index in [1.807, 2.05) is 0 Å². The van der Waals surface area contributed by atoms with Crippen LogP contribution in [0.5, 0.6) is 5.75 Å². The summed E-state index contributed by atoms with van der Waals surface area (Å²) in [5.74, 6) is -0.528. The van der Waals surface area contributed by atoms with Crippen LogP contribution >= 0.6 is 0 Å². The fraction of sp³-hybridized carbons (Fsp3) is 0.231. The van der Waals surface area contributed by atoms with Crippen molar-refractivity contribution in [3.63, 3.8) is 0 Å². The van der Waals surface area contributed by atoms with Gasteiger partial charge in [-0.05, 0) is 12.1 Å². The van der Waals surface area contributed by atoms with E-state index in [0.717, 1.165) is 0 Å². The SMILES string of the molecule is O=C(O)c1cc(-c2ccccc2OC2CS(=O)(=O)C2)on1. The molecule has 1 aromatic carbocycles. The molecule has 2 heterocycles. The minimum absolute atomic E-state index is 0.0158. The Hall–Kier alpha value is -2.35. The molecule has 0 amide bonds. The maximum absolute atomic E-state index is 11.1. The zero-order valence-corrected chi connectivity index (χ0v) is 11.5. The minimum atomic E-state index is -2.97. The Morgan fingerprint density at radius 2 is 2.05 bits per heavy atom. The smallest absolute Gasteiger partial charge is 0.358 e. The molecule has 1 aliphatic heterocycles. The van der Waals surface area contributed by atoms with E-state index >= 15 is 0 Å². The predicted molar refractivity (Wildman–Crippen MR) is 72.0 cm³/mol. The summed E-state index contributed by atoms with van der Waals surface area (Å²) < 4.78 is 32.9. The van der Waals surface area contributed by atoms with E-state index in [2.05, 4.69) is 5.16 Å². The largest absolute Gasteiger partial charge is 0.488 e. The molecule has 0 spiro atoms. The summed E-state index contributed by atoms with van der Waals surface area (Å²) in [6.45, 7) is 0. The van der Waals surface area contributed by atoms with Crippen molar-refractivity contribution in [2.75, 3.05) is 11.5 Å². The van der Waals surface area contributed by atoms with Gasteiger partial charge in [0.1, 0.15) is 11.9 Å². The van der Waals surface area contributed by atoms with Crippen molar-refractivity contribution in [3.05, 3.63) is 36.0 Å². The van der Waals surface area contributed by atoms with Crippen molar-refractivity contribution < 1.29 is 27.6 Å². The van der Waals surface area contributed by atoms with Crippen molar-refractivity contribution in [3.8, 4) is 17.1 Å². The van der Waals surface area contributed by atoms with Gasteiger partial charge in [-0.1, -0.05) is 17.3 Å². The Morgan fingerprint density at radius 1 is 1.33 bits per heavy atom. The van der Waals surface area contributed by atoms with Crippen molar-refractivity contribution in [2.45, 2.75) is 6.10 Å². The molecule has 1 saturated heterocycles. The van der Waals surface area contributed by atoms with Crippen LogP contribution in [0.2, 0.25) is 0 Å². The van der Waals surface area contributed by atoms with Gasteiger partial charge in [-0.2, -0.15) is 0 Å². The van der Waals surface area contributed by atoms with Crippen LogP contribution < -0.4 is 4.74 Å². The molecule has 0 aliphatic carbocycles. The second kappa shape index (κ2) is 4.88. The van der Waals surface area contributed by atoms with Crippen LogP contribution in [0.25, 0.3) is 11.3 Å². The van der Waals surface area contributed by atoms with Gasteiger partial charge in [0.05, 0.1) is 17.1 Å². The summed E-state index contributed by atoms with van der Waals surface area (Å²) in [5, 5.41) is 12.3. The first-order chi connectivity index (χ1) is 9.94. The molecule has 0 radical (unpaired) electrons. The average molecular weight is 309 g/mol. The third-order valence-corrected chi connectivity index (χ3v) is 4.81. The van der Waals surface area contributed by atoms with Crippen LogP contribution in [0.3, 0.4) is 0 Å². The molecule has 0 saturated carbocycles. The first-order valence-electron chi connectivity index (χ1n) is 6.11. The van der Waals surface area contributed by atoms with Gasteiger partial charge in [-0.3, -0.25) is 0 Å². The molecule has 7 nitrogen and oxygen atoms in total. The highest BCUT2D eigenvalue weighted by Crippen LogP contribution is 2.32. The lowest BCUT2D eigenvalue weighted by atomic mass is 10.1. The fourth-order valence-corrected chi connectivity index (χ4v) is 3.21. The molecular formula is C13H11NO6S. The van der Waals surface area contributed by atoms with E-state index in [-0.39, 0.29) is 23.0 Å². The predicted octanol–water partition coefficient (Wildman–Crippen LogP) is 1.22. The van der Waals surface area contributed by atoms with Crippen LogP contribution in [-0.2, 0) is 9.84 Å². The Morgan fingerprint density at radius 3 is 2.67 bits per heavy atom. The van der Waals surface area contributed by atoms with Crippen molar-refractivity contribution in [1.29, 1.82) is 0 Å². The maximum atomic E-state index is 11.1. The second-order valence-electron chi connectivity index (χ2n) is 4.69. The number of hydrogen-bond donors (Lipinski definition) is 1. The number of nitrogens with zero attached hydrogens (tertiary/aromatic N) is 1. The molecule has 8 heteroatoms. The number of carboxylic acid groups (broad SMARTS) is 1. The second-order valence-corrected chi connectivity index (χ2v) is 6.85. The highest BCUT2D eigenvalue weighted by Gasteiger charge is 2.35.